The molecule has 0 bridgehead atoms. The second-order valence-corrected chi connectivity index (χ2v) is 2.73. The molecule has 2 nitrogen and oxygen atoms in total. The minimum absolute atomic E-state index is 0.495. The summed E-state index contributed by atoms with van der Waals surface area (Å²) in [6, 6.07) is 0. The van der Waals surface area contributed by atoms with Crippen molar-refractivity contribution in [1.29, 1.82) is 0 Å². The Morgan fingerprint density at radius 3 is 2.58 bits per heavy atom. The zero-order valence-corrected chi connectivity index (χ0v) is 8.01. The van der Waals surface area contributed by atoms with E-state index in [0.717, 1.165) is 18.6 Å². The summed E-state index contributed by atoms with van der Waals surface area (Å²) in [5, 5.41) is 0. The number of unbranched alkanes of at least 4 members (excludes halogenated alkanes) is 3. The summed E-state index contributed by atoms with van der Waals surface area (Å²) in [6.45, 7) is 4.65. The fourth-order valence-electron chi connectivity index (χ4n) is 0.995. The number of rotatable bonds is 7. The largest absolute Gasteiger partial charge is 0.434 e. The molecule has 0 amide bonds. The van der Waals surface area contributed by atoms with Crippen LogP contribution in [0.15, 0.2) is 11.8 Å². The first-order chi connectivity index (χ1) is 5.85. The SMILES string of the molecule is CCCCCC=C(CC)OC=O. The van der Waals surface area contributed by atoms with Crippen molar-refractivity contribution in [3.05, 3.63) is 11.8 Å². The first-order valence-corrected chi connectivity index (χ1v) is 4.64. The molecule has 0 fully saturated rings. The number of hydrogen-bond acceptors (Lipinski definition) is 2. The van der Waals surface area contributed by atoms with Gasteiger partial charge in [-0.1, -0.05) is 26.7 Å². The van der Waals surface area contributed by atoms with E-state index < -0.39 is 0 Å². The summed E-state index contributed by atoms with van der Waals surface area (Å²) in [7, 11) is 0. The Morgan fingerprint density at radius 1 is 1.33 bits per heavy atom. The maximum Gasteiger partial charge on any atom is 0.298 e. The first kappa shape index (κ1) is 11.2. The van der Waals surface area contributed by atoms with Crippen LogP contribution in [0.25, 0.3) is 0 Å². The van der Waals surface area contributed by atoms with Crippen LogP contribution in [-0.4, -0.2) is 6.47 Å². The molecule has 70 valence electrons. The Morgan fingerprint density at radius 2 is 2.08 bits per heavy atom. The molecule has 0 saturated heterocycles. The van der Waals surface area contributed by atoms with E-state index in [1.54, 1.807) is 0 Å². The van der Waals surface area contributed by atoms with Crippen molar-refractivity contribution in [3.63, 3.8) is 0 Å². The molecule has 0 spiro atoms. The van der Waals surface area contributed by atoms with Gasteiger partial charge in [0.25, 0.3) is 6.47 Å². The number of carbonyl (C=O) groups is 1. The first-order valence-electron chi connectivity index (χ1n) is 4.64. The number of allylic oxidation sites excluding steroid dienone is 2. The van der Waals surface area contributed by atoms with Crippen LogP contribution in [0, 0.1) is 0 Å². The van der Waals surface area contributed by atoms with E-state index in [1.165, 1.54) is 19.3 Å². The highest BCUT2D eigenvalue weighted by Gasteiger charge is 1.92. The van der Waals surface area contributed by atoms with Gasteiger partial charge in [0.2, 0.25) is 0 Å². The average molecular weight is 170 g/mol. The molecule has 0 N–H and O–H groups in total. The predicted octanol–water partition coefficient (Wildman–Crippen LogP) is 3.03. The fraction of sp³-hybridized carbons (Fsp3) is 0.700. The molecule has 0 heterocycles. The van der Waals surface area contributed by atoms with E-state index >= 15 is 0 Å². The number of carbonyl (C=O) groups excluding carboxylic acids is 1. The Labute approximate surface area is 74.6 Å². The molecule has 0 saturated carbocycles. The van der Waals surface area contributed by atoms with Gasteiger partial charge in [-0.15, -0.1) is 0 Å². The smallest absolute Gasteiger partial charge is 0.298 e. The van der Waals surface area contributed by atoms with Crippen LogP contribution in [0.2, 0.25) is 0 Å². The molecule has 0 aliphatic heterocycles. The summed E-state index contributed by atoms with van der Waals surface area (Å²) in [5.41, 5.74) is 0. The quantitative estimate of drug-likeness (QED) is 0.333. The molecule has 0 aromatic rings. The summed E-state index contributed by atoms with van der Waals surface area (Å²) in [6.07, 6.45) is 7.47. The molecule has 0 aromatic carbocycles. The lowest BCUT2D eigenvalue weighted by Gasteiger charge is -2.00. The average Bonchev–Trinajstić information content (AvgIpc) is 2.10. The van der Waals surface area contributed by atoms with Gasteiger partial charge < -0.3 is 4.74 Å². The van der Waals surface area contributed by atoms with Crippen molar-refractivity contribution in [3.8, 4) is 0 Å². The predicted molar refractivity (Wildman–Crippen MR) is 49.7 cm³/mol. The Balaban J connectivity index is 3.54. The maximum atomic E-state index is 10.00. The normalized spacial score (nSPS) is 11.3. The van der Waals surface area contributed by atoms with Crippen molar-refractivity contribution >= 4 is 6.47 Å². The molecule has 0 aliphatic carbocycles. The Bertz CT molecular complexity index is 139. The van der Waals surface area contributed by atoms with Crippen LogP contribution in [0.3, 0.4) is 0 Å². The molecule has 0 rings (SSSR count). The highest BCUT2D eigenvalue weighted by Crippen LogP contribution is 2.06. The van der Waals surface area contributed by atoms with Crippen LogP contribution in [0.5, 0.6) is 0 Å². The van der Waals surface area contributed by atoms with Gasteiger partial charge in [-0.05, 0) is 18.9 Å². The van der Waals surface area contributed by atoms with E-state index in [0.29, 0.717) is 6.47 Å². The highest BCUT2D eigenvalue weighted by atomic mass is 16.5. The molecule has 0 unspecified atom stereocenters. The van der Waals surface area contributed by atoms with Gasteiger partial charge in [-0.3, -0.25) is 4.79 Å². The van der Waals surface area contributed by atoms with Crippen LogP contribution in [0.4, 0.5) is 0 Å². The third kappa shape index (κ3) is 5.96. The molecule has 0 aliphatic rings. The van der Waals surface area contributed by atoms with Gasteiger partial charge in [-0.25, -0.2) is 0 Å². The van der Waals surface area contributed by atoms with Crippen molar-refractivity contribution < 1.29 is 9.53 Å². The summed E-state index contributed by atoms with van der Waals surface area (Å²) >= 11 is 0. The second kappa shape index (κ2) is 8.31. The molecule has 0 atom stereocenters. The van der Waals surface area contributed by atoms with Crippen LogP contribution >= 0.6 is 0 Å². The topological polar surface area (TPSA) is 26.3 Å². The van der Waals surface area contributed by atoms with Crippen LogP contribution < -0.4 is 0 Å². The van der Waals surface area contributed by atoms with Crippen molar-refractivity contribution in [1.82, 2.24) is 0 Å². The minimum atomic E-state index is 0.495. The van der Waals surface area contributed by atoms with Crippen molar-refractivity contribution in [2.24, 2.45) is 0 Å². The molecular formula is C10H18O2. The third-order valence-corrected chi connectivity index (χ3v) is 1.73. The zero-order valence-electron chi connectivity index (χ0n) is 8.01. The summed E-state index contributed by atoms with van der Waals surface area (Å²) < 4.78 is 4.75. The van der Waals surface area contributed by atoms with Gasteiger partial charge in [0.1, 0.15) is 5.76 Å². The summed E-state index contributed by atoms with van der Waals surface area (Å²) in [5.74, 6) is 0.793. The standard InChI is InChI=1S/C10H18O2/c1-3-5-6-7-8-10(4-2)12-9-11/h8-9H,3-7H2,1-2H3. The van der Waals surface area contributed by atoms with E-state index in [9.17, 15) is 4.79 Å². The van der Waals surface area contributed by atoms with Crippen LogP contribution in [-0.2, 0) is 9.53 Å². The lowest BCUT2D eigenvalue weighted by atomic mass is 10.2. The number of hydrogen-bond donors (Lipinski definition) is 0. The highest BCUT2D eigenvalue weighted by molar-refractivity contribution is 5.39. The summed E-state index contributed by atoms with van der Waals surface area (Å²) in [4.78, 5) is 10.00. The van der Waals surface area contributed by atoms with Gasteiger partial charge >= 0.3 is 0 Å². The molecule has 2 heteroatoms. The van der Waals surface area contributed by atoms with Crippen molar-refractivity contribution in [2.75, 3.05) is 0 Å². The molecule has 12 heavy (non-hydrogen) atoms. The Hall–Kier alpha value is -0.790. The molecule has 0 radical (unpaired) electrons. The second-order valence-electron chi connectivity index (χ2n) is 2.73. The third-order valence-electron chi connectivity index (χ3n) is 1.73. The fourth-order valence-corrected chi connectivity index (χ4v) is 0.995. The molecular weight excluding hydrogens is 152 g/mol. The van der Waals surface area contributed by atoms with Gasteiger partial charge in [0, 0.05) is 6.42 Å². The monoisotopic (exact) mass is 170 g/mol. The zero-order chi connectivity index (χ0) is 9.23. The maximum absolute atomic E-state index is 10.00. The van der Waals surface area contributed by atoms with Gasteiger partial charge in [0.05, 0.1) is 0 Å². The minimum Gasteiger partial charge on any atom is -0.434 e. The van der Waals surface area contributed by atoms with Crippen molar-refractivity contribution in [2.45, 2.75) is 46.0 Å². The lowest BCUT2D eigenvalue weighted by Crippen LogP contribution is -1.87. The number of ether oxygens (including phenoxy) is 1. The lowest BCUT2D eigenvalue weighted by molar-refractivity contribution is -0.125. The molecule has 0 aromatic heterocycles. The Kier molecular flexibility index (Phi) is 7.76. The van der Waals surface area contributed by atoms with E-state index in [-0.39, 0.29) is 0 Å². The van der Waals surface area contributed by atoms with Gasteiger partial charge in [-0.2, -0.15) is 0 Å². The van der Waals surface area contributed by atoms with E-state index in [2.05, 4.69) is 6.92 Å². The van der Waals surface area contributed by atoms with E-state index in [4.69, 9.17) is 4.74 Å². The van der Waals surface area contributed by atoms with Crippen LogP contribution in [0.1, 0.15) is 46.0 Å². The van der Waals surface area contributed by atoms with Gasteiger partial charge in [0.15, 0.2) is 0 Å². The van der Waals surface area contributed by atoms with E-state index in [1.807, 2.05) is 13.0 Å².